The fraction of sp³-hybridized carbons (Fsp3) is 0.250. The van der Waals surface area contributed by atoms with Gasteiger partial charge in [0.2, 0.25) is 5.88 Å². The number of nitrogens with zero attached hydrogens (tertiary/aromatic N) is 5. The smallest absolute Gasteiger partial charge is 0.274 e. The zero-order chi connectivity index (χ0) is 23.0. The molecule has 2 heterocycles. The Bertz CT molecular complexity index is 1160. The van der Waals surface area contributed by atoms with E-state index in [1.807, 2.05) is 74.1 Å². The van der Waals surface area contributed by atoms with Gasteiger partial charge in [-0.05, 0) is 49.7 Å². The first-order chi connectivity index (χ1) is 16.1. The van der Waals surface area contributed by atoms with E-state index in [0.717, 1.165) is 29.8 Å². The van der Waals surface area contributed by atoms with Crippen molar-refractivity contribution in [1.82, 2.24) is 24.3 Å². The molecule has 2 aromatic carbocycles. The van der Waals surface area contributed by atoms with Gasteiger partial charge in [0.1, 0.15) is 11.4 Å². The molecule has 33 heavy (non-hydrogen) atoms. The molecule has 0 aliphatic rings. The van der Waals surface area contributed by atoms with E-state index in [4.69, 9.17) is 4.74 Å². The van der Waals surface area contributed by atoms with Crippen molar-refractivity contribution in [2.45, 2.75) is 13.0 Å². The molecule has 9 heteroatoms. The van der Waals surface area contributed by atoms with Crippen molar-refractivity contribution >= 4 is 23.1 Å². The molecule has 0 saturated carbocycles. The minimum Gasteiger partial charge on any atom is -0.477 e. The minimum absolute atomic E-state index is 0.246. The molecular formula is C24H26N6O2S. The topological polar surface area (TPSA) is 85.2 Å². The van der Waals surface area contributed by atoms with E-state index in [1.165, 1.54) is 11.5 Å². The predicted octanol–water partition coefficient (Wildman–Crippen LogP) is 4.03. The molecule has 4 rings (SSSR count). The summed E-state index contributed by atoms with van der Waals surface area (Å²) >= 11 is 1.30. The van der Waals surface area contributed by atoms with Gasteiger partial charge in [-0.1, -0.05) is 47.0 Å². The van der Waals surface area contributed by atoms with Crippen LogP contribution in [0, 0.1) is 0 Å². The van der Waals surface area contributed by atoms with Crippen molar-refractivity contribution in [3.63, 3.8) is 0 Å². The molecule has 0 saturated heterocycles. The van der Waals surface area contributed by atoms with E-state index in [-0.39, 0.29) is 5.91 Å². The van der Waals surface area contributed by atoms with Gasteiger partial charge in [-0.15, -0.1) is 10.2 Å². The van der Waals surface area contributed by atoms with Crippen molar-refractivity contribution in [2.75, 3.05) is 32.6 Å². The maximum absolute atomic E-state index is 13.1. The minimum atomic E-state index is -0.246. The van der Waals surface area contributed by atoms with Crippen LogP contribution in [0.5, 0.6) is 5.88 Å². The van der Waals surface area contributed by atoms with Gasteiger partial charge in [-0.25, -0.2) is 0 Å². The molecule has 0 fully saturated rings. The van der Waals surface area contributed by atoms with Crippen LogP contribution in [-0.2, 0) is 6.54 Å². The third-order valence-corrected chi connectivity index (χ3v) is 5.47. The fourth-order valence-corrected chi connectivity index (χ4v) is 3.76. The first kappa shape index (κ1) is 22.6. The van der Waals surface area contributed by atoms with Crippen LogP contribution >= 0.6 is 11.5 Å². The van der Waals surface area contributed by atoms with Gasteiger partial charge in [0.05, 0.1) is 13.2 Å². The van der Waals surface area contributed by atoms with E-state index in [0.29, 0.717) is 30.4 Å². The van der Waals surface area contributed by atoms with Crippen LogP contribution in [-0.4, -0.2) is 57.4 Å². The van der Waals surface area contributed by atoms with Gasteiger partial charge in [0, 0.05) is 29.2 Å². The number of anilines is 1. The Labute approximate surface area is 197 Å². The lowest BCUT2D eigenvalue weighted by Gasteiger charge is -2.09. The fourth-order valence-electron chi connectivity index (χ4n) is 3.29. The van der Waals surface area contributed by atoms with Crippen LogP contribution in [0.15, 0.2) is 66.0 Å². The summed E-state index contributed by atoms with van der Waals surface area (Å²) in [6.45, 7) is 1.93. The number of carbonyl (C=O) groups is 1. The number of hydrogen-bond donors (Lipinski definition) is 1. The summed E-state index contributed by atoms with van der Waals surface area (Å²) in [5.41, 5.74) is 3.94. The lowest BCUT2D eigenvalue weighted by Crippen LogP contribution is -2.18. The summed E-state index contributed by atoms with van der Waals surface area (Å²) < 4.78 is 11.4. The van der Waals surface area contributed by atoms with Crippen LogP contribution in [0.25, 0.3) is 11.3 Å². The number of hydrogen-bond acceptors (Lipinski definition) is 7. The first-order valence-electron chi connectivity index (χ1n) is 10.7. The number of benzene rings is 2. The summed E-state index contributed by atoms with van der Waals surface area (Å²) in [7, 11) is 4.05. The van der Waals surface area contributed by atoms with E-state index in [2.05, 4.69) is 24.9 Å². The normalized spacial score (nSPS) is 11.0. The van der Waals surface area contributed by atoms with Gasteiger partial charge in [0.25, 0.3) is 5.91 Å². The number of rotatable bonds is 10. The Morgan fingerprint density at radius 1 is 1.12 bits per heavy atom. The van der Waals surface area contributed by atoms with Gasteiger partial charge in [-0.2, -0.15) is 0 Å². The lowest BCUT2D eigenvalue weighted by molar-refractivity contribution is 0.101. The maximum atomic E-state index is 13.1. The van der Waals surface area contributed by atoms with E-state index >= 15 is 0 Å². The molecule has 2 aromatic heterocycles. The lowest BCUT2D eigenvalue weighted by atomic mass is 10.1. The van der Waals surface area contributed by atoms with Crippen molar-refractivity contribution in [3.05, 3.63) is 77.3 Å². The van der Waals surface area contributed by atoms with Crippen molar-refractivity contribution in [3.8, 4) is 17.1 Å². The summed E-state index contributed by atoms with van der Waals surface area (Å²) in [5.74, 6) is 0.200. The third kappa shape index (κ3) is 6.24. The summed E-state index contributed by atoms with van der Waals surface area (Å²) in [6, 6.07) is 19.1. The standard InChI is InChI=1S/C24H26N6O2S/c1-29(2)13-6-14-32-23-15-22(30(27-23)16-18-7-4-3-5-8-18)24(31)25-20-11-9-19(10-12-20)21-17-33-28-26-21/h3-5,7-12,15,17H,6,13-14,16H2,1-2H3,(H,25,31). The number of carbonyl (C=O) groups excluding carboxylic acids is 1. The van der Waals surface area contributed by atoms with Crippen LogP contribution in [0.4, 0.5) is 5.69 Å². The molecule has 0 aliphatic carbocycles. The molecule has 0 radical (unpaired) electrons. The molecule has 0 unspecified atom stereocenters. The van der Waals surface area contributed by atoms with E-state index in [1.54, 1.807) is 10.7 Å². The highest BCUT2D eigenvalue weighted by molar-refractivity contribution is 7.03. The molecule has 0 spiro atoms. The Morgan fingerprint density at radius 3 is 2.61 bits per heavy atom. The third-order valence-electron chi connectivity index (χ3n) is 4.96. The second kappa shape index (κ2) is 10.8. The summed E-state index contributed by atoms with van der Waals surface area (Å²) in [4.78, 5) is 15.2. The monoisotopic (exact) mass is 462 g/mol. The van der Waals surface area contributed by atoms with Gasteiger partial charge in [0.15, 0.2) is 0 Å². The van der Waals surface area contributed by atoms with Crippen LogP contribution in [0.2, 0.25) is 0 Å². The molecule has 8 nitrogen and oxygen atoms in total. The summed E-state index contributed by atoms with van der Waals surface area (Å²) in [6.07, 6.45) is 0.876. The molecule has 1 amide bonds. The molecule has 170 valence electrons. The van der Waals surface area contributed by atoms with Gasteiger partial charge < -0.3 is 15.0 Å². The summed E-state index contributed by atoms with van der Waals surface area (Å²) in [5, 5.41) is 13.5. The largest absolute Gasteiger partial charge is 0.477 e. The van der Waals surface area contributed by atoms with E-state index in [9.17, 15) is 4.79 Å². The zero-order valence-electron chi connectivity index (χ0n) is 18.6. The Kier molecular flexibility index (Phi) is 7.43. The highest BCUT2D eigenvalue weighted by atomic mass is 32.1. The van der Waals surface area contributed by atoms with Crippen LogP contribution in [0.3, 0.4) is 0 Å². The number of nitrogens with one attached hydrogen (secondary N) is 1. The first-order valence-corrected chi connectivity index (χ1v) is 11.5. The Balaban J connectivity index is 1.49. The molecule has 0 aliphatic heterocycles. The molecule has 0 bridgehead atoms. The highest BCUT2D eigenvalue weighted by Crippen LogP contribution is 2.21. The van der Waals surface area contributed by atoms with Crippen molar-refractivity contribution < 1.29 is 9.53 Å². The van der Waals surface area contributed by atoms with Crippen LogP contribution < -0.4 is 10.1 Å². The zero-order valence-corrected chi connectivity index (χ0v) is 19.5. The maximum Gasteiger partial charge on any atom is 0.274 e. The Morgan fingerprint density at radius 2 is 1.91 bits per heavy atom. The van der Waals surface area contributed by atoms with Crippen molar-refractivity contribution in [1.29, 1.82) is 0 Å². The van der Waals surface area contributed by atoms with E-state index < -0.39 is 0 Å². The molecule has 4 aromatic rings. The predicted molar refractivity (Wildman–Crippen MR) is 130 cm³/mol. The Hall–Kier alpha value is -3.56. The number of aromatic nitrogens is 4. The second-order valence-corrected chi connectivity index (χ2v) is 8.45. The average molecular weight is 463 g/mol. The molecule has 0 atom stereocenters. The second-order valence-electron chi connectivity index (χ2n) is 7.84. The van der Waals surface area contributed by atoms with Crippen LogP contribution in [0.1, 0.15) is 22.5 Å². The number of amides is 1. The van der Waals surface area contributed by atoms with Gasteiger partial charge >= 0.3 is 0 Å². The quantitative estimate of drug-likeness (QED) is 0.358. The highest BCUT2D eigenvalue weighted by Gasteiger charge is 2.17. The number of ether oxygens (including phenoxy) is 1. The molecule has 1 N–H and O–H groups in total. The average Bonchev–Trinajstić information content (AvgIpc) is 3.48. The van der Waals surface area contributed by atoms with Crippen molar-refractivity contribution in [2.24, 2.45) is 0 Å². The molecular weight excluding hydrogens is 436 g/mol. The SMILES string of the molecule is CN(C)CCCOc1cc(C(=O)Nc2ccc(-c3csnn3)cc2)n(Cc2ccccc2)n1. The van der Waals surface area contributed by atoms with Gasteiger partial charge in [-0.3, -0.25) is 9.48 Å².